The summed E-state index contributed by atoms with van der Waals surface area (Å²) in [5.74, 6) is 5.85. The fraction of sp³-hybridized carbons (Fsp3) is 0.333. The van der Waals surface area contributed by atoms with Crippen molar-refractivity contribution in [2.75, 3.05) is 5.73 Å². The van der Waals surface area contributed by atoms with Crippen LogP contribution >= 0.6 is 34.2 Å². The molecule has 3 heterocycles. The Hall–Kier alpha value is -2.32. The first kappa shape index (κ1) is 20.4. The van der Waals surface area contributed by atoms with Crippen molar-refractivity contribution in [2.45, 2.75) is 40.3 Å². The summed E-state index contributed by atoms with van der Waals surface area (Å²) < 4.78 is 4.89. The Bertz CT molecular complexity index is 1210. The van der Waals surface area contributed by atoms with Crippen molar-refractivity contribution in [3.05, 3.63) is 42.2 Å². The van der Waals surface area contributed by atoms with E-state index < -0.39 is 0 Å². The number of nitrogen functional groups attached to an aromatic ring is 1. The number of hydrogen-bond acceptors (Lipinski definition) is 5. The molecule has 0 saturated carbocycles. The van der Waals surface area contributed by atoms with Gasteiger partial charge in [-0.2, -0.15) is 9.97 Å². The number of rotatable bonds is 3. The lowest BCUT2D eigenvalue weighted by atomic mass is 10.1. The second-order valence-corrected chi connectivity index (χ2v) is 7.69. The largest absolute Gasteiger partial charge is 0.368 e. The summed E-state index contributed by atoms with van der Waals surface area (Å²) in [7, 11) is 0. The highest BCUT2D eigenvalue weighted by Crippen LogP contribution is 2.22. The molecule has 3 rings (SSSR count). The molecule has 3 N–H and O–H groups in total. The first-order valence-corrected chi connectivity index (χ1v) is 9.99. The molecule has 3 aromatic rings. The van der Waals surface area contributed by atoms with Gasteiger partial charge in [0.05, 0.1) is 6.54 Å². The lowest BCUT2D eigenvalue weighted by Gasteiger charge is -2.06. The van der Waals surface area contributed by atoms with Crippen LogP contribution in [0.4, 0.5) is 5.95 Å². The van der Waals surface area contributed by atoms with Gasteiger partial charge in [0.15, 0.2) is 10.8 Å². The van der Waals surface area contributed by atoms with Crippen LogP contribution < -0.4 is 16.2 Å². The predicted octanol–water partition coefficient (Wildman–Crippen LogP) is 2.04. The third-order valence-electron chi connectivity index (χ3n) is 4.38. The Morgan fingerprint density at radius 2 is 2.04 bits per heavy atom. The minimum absolute atomic E-state index is 0.0323. The van der Waals surface area contributed by atoms with E-state index in [1.165, 1.54) is 9.13 Å². The van der Waals surface area contributed by atoms with Crippen LogP contribution in [0.1, 0.15) is 30.2 Å². The van der Waals surface area contributed by atoms with Crippen LogP contribution in [-0.2, 0) is 13.1 Å². The minimum atomic E-state index is -0.350. The first-order chi connectivity index (χ1) is 13.3. The van der Waals surface area contributed by atoms with Gasteiger partial charge in [0.25, 0.3) is 5.69 Å². The van der Waals surface area contributed by atoms with E-state index in [0.717, 1.165) is 19.4 Å². The molecular weight excluding hydrogens is 495 g/mol. The van der Waals surface area contributed by atoms with Gasteiger partial charge in [0, 0.05) is 25.8 Å². The van der Waals surface area contributed by atoms with Crippen LogP contribution in [0.25, 0.3) is 11.2 Å². The van der Waals surface area contributed by atoms with Gasteiger partial charge in [0.2, 0.25) is 12.1 Å². The lowest BCUT2D eigenvalue weighted by molar-refractivity contribution is -0.910. The van der Waals surface area contributed by atoms with Crippen molar-refractivity contribution in [1.29, 1.82) is 0 Å². The topological polar surface area (TPSA) is 103 Å². The first-order valence-electron chi connectivity index (χ1n) is 8.53. The number of imidazole rings is 1. The zero-order valence-corrected chi connectivity index (χ0v) is 18.5. The zero-order valence-electron chi connectivity index (χ0n) is 15.6. The van der Waals surface area contributed by atoms with E-state index in [1.807, 2.05) is 20.8 Å². The van der Waals surface area contributed by atoms with Gasteiger partial charge in [-0.15, -0.1) is 5.92 Å². The molecule has 0 saturated heterocycles. The molecule has 0 aliphatic carbocycles. The van der Waals surface area contributed by atoms with Crippen molar-refractivity contribution in [2.24, 2.45) is 0 Å². The molecule has 0 bridgehead atoms. The minimum Gasteiger partial charge on any atom is -0.368 e. The van der Waals surface area contributed by atoms with E-state index in [-0.39, 0.29) is 29.9 Å². The maximum Gasteiger partial charge on any atom is 0.331 e. The number of nitrogens with two attached hydrogens (primary N) is 1. The smallest absolute Gasteiger partial charge is 0.331 e. The summed E-state index contributed by atoms with van der Waals surface area (Å²) in [4.78, 5) is 21.3. The SMILES string of the molecule is CCC#CCn1c(=O)n(Cc2c(C)c(I)c(C)c[n+]2O)c2nc(N)nc(Cl)c21. The number of aromatic nitrogens is 5. The second-order valence-electron chi connectivity index (χ2n) is 6.25. The van der Waals surface area contributed by atoms with E-state index in [1.54, 1.807) is 6.20 Å². The van der Waals surface area contributed by atoms with Crippen LogP contribution in [0.2, 0.25) is 5.15 Å². The molecule has 10 heteroatoms. The highest BCUT2D eigenvalue weighted by atomic mass is 127. The third-order valence-corrected chi connectivity index (χ3v) is 6.30. The molecule has 28 heavy (non-hydrogen) atoms. The molecule has 0 aliphatic rings. The Morgan fingerprint density at radius 1 is 1.32 bits per heavy atom. The van der Waals surface area contributed by atoms with Gasteiger partial charge in [-0.05, 0) is 36.4 Å². The van der Waals surface area contributed by atoms with E-state index in [4.69, 9.17) is 17.3 Å². The van der Waals surface area contributed by atoms with Gasteiger partial charge in [-0.1, -0.05) is 24.4 Å². The number of hydrogen-bond donors (Lipinski definition) is 2. The van der Waals surface area contributed by atoms with Crippen LogP contribution in [-0.4, -0.2) is 24.3 Å². The Morgan fingerprint density at radius 3 is 2.71 bits per heavy atom. The average molecular weight is 514 g/mol. The fourth-order valence-corrected chi connectivity index (χ4v) is 3.71. The van der Waals surface area contributed by atoms with E-state index in [2.05, 4.69) is 44.4 Å². The monoisotopic (exact) mass is 513 g/mol. The molecule has 0 aliphatic heterocycles. The fourth-order valence-electron chi connectivity index (χ4n) is 2.99. The molecule has 3 aromatic heterocycles. The third kappa shape index (κ3) is 3.54. The van der Waals surface area contributed by atoms with Crippen LogP contribution in [0.15, 0.2) is 11.0 Å². The van der Waals surface area contributed by atoms with Gasteiger partial charge in [0.1, 0.15) is 12.1 Å². The van der Waals surface area contributed by atoms with Crippen LogP contribution in [0.3, 0.4) is 0 Å². The molecule has 0 aromatic carbocycles. The normalized spacial score (nSPS) is 10.9. The van der Waals surface area contributed by atoms with Gasteiger partial charge < -0.3 is 5.73 Å². The van der Waals surface area contributed by atoms with Crippen molar-refractivity contribution in [3.8, 4) is 11.8 Å². The zero-order chi connectivity index (χ0) is 20.6. The summed E-state index contributed by atoms with van der Waals surface area (Å²) in [6, 6.07) is 0. The molecule has 0 unspecified atom stereocenters. The maximum absolute atomic E-state index is 13.1. The summed E-state index contributed by atoms with van der Waals surface area (Å²) in [6.07, 6.45) is 2.29. The number of nitrogens with zero attached hydrogens (tertiary/aromatic N) is 5. The van der Waals surface area contributed by atoms with Gasteiger partial charge in [-0.3, -0.25) is 14.3 Å². The van der Waals surface area contributed by atoms with Crippen LogP contribution in [0.5, 0.6) is 0 Å². The molecule has 0 amide bonds. The standard InChI is InChI=1S/C18H19ClIN6O2/c1-4-5-6-7-24-14-15(19)22-17(21)23-16(14)25(18(24)27)9-12-11(3)13(20)10(2)8-26(12)28/h8,28H,4,7,9H2,1-3H3,(H2,21,22,23)/q+1. The predicted molar refractivity (Wildman–Crippen MR) is 114 cm³/mol. The molecule has 0 radical (unpaired) electrons. The lowest BCUT2D eigenvalue weighted by Crippen LogP contribution is -2.39. The number of anilines is 1. The molecule has 0 spiro atoms. The highest BCUT2D eigenvalue weighted by Gasteiger charge is 2.25. The number of fused-ring (bicyclic) bond motifs is 1. The van der Waals surface area contributed by atoms with E-state index in [0.29, 0.717) is 23.3 Å². The van der Waals surface area contributed by atoms with Crippen LogP contribution in [0, 0.1) is 29.3 Å². The molecule has 8 nitrogen and oxygen atoms in total. The van der Waals surface area contributed by atoms with Gasteiger partial charge >= 0.3 is 5.69 Å². The summed E-state index contributed by atoms with van der Waals surface area (Å²) in [6.45, 7) is 5.98. The summed E-state index contributed by atoms with van der Waals surface area (Å²) >= 11 is 8.49. The average Bonchev–Trinajstić information content (AvgIpc) is 2.89. The van der Waals surface area contributed by atoms with Gasteiger partial charge in [-0.25, -0.2) is 4.79 Å². The molecule has 146 valence electrons. The Kier molecular flexibility index (Phi) is 5.81. The number of pyridine rings is 1. The summed E-state index contributed by atoms with van der Waals surface area (Å²) in [5.41, 5.74) is 8.44. The Labute approximate surface area is 180 Å². The number of aryl methyl sites for hydroxylation is 1. The van der Waals surface area contributed by atoms with Crippen molar-refractivity contribution >= 4 is 51.3 Å². The molecule has 0 atom stereocenters. The second kappa shape index (κ2) is 7.97. The maximum atomic E-state index is 13.1. The van der Waals surface area contributed by atoms with E-state index in [9.17, 15) is 10.0 Å². The van der Waals surface area contributed by atoms with Crippen molar-refractivity contribution in [3.63, 3.8) is 0 Å². The quantitative estimate of drug-likeness (QED) is 0.183. The molecule has 0 fully saturated rings. The Balaban J connectivity index is 2.26. The number of halogens is 2. The van der Waals surface area contributed by atoms with E-state index >= 15 is 0 Å². The van der Waals surface area contributed by atoms with Crippen molar-refractivity contribution in [1.82, 2.24) is 19.1 Å². The molecular formula is C18H19ClIN6O2+. The summed E-state index contributed by atoms with van der Waals surface area (Å²) in [5, 5.41) is 10.5. The van der Waals surface area contributed by atoms with Crippen molar-refractivity contribution < 1.29 is 9.94 Å². The highest BCUT2D eigenvalue weighted by molar-refractivity contribution is 14.1.